The van der Waals surface area contributed by atoms with E-state index in [1.54, 1.807) is 25.5 Å². The molecule has 2 aromatic rings. The molecular formula is C15H16BrNO3. The first-order valence-corrected chi connectivity index (χ1v) is 7.06. The van der Waals surface area contributed by atoms with Crippen molar-refractivity contribution in [2.45, 2.75) is 19.4 Å². The molecule has 0 aliphatic carbocycles. The van der Waals surface area contributed by atoms with Gasteiger partial charge in [0.05, 0.1) is 18.9 Å². The van der Waals surface area contributed by atoms with Gasteiger partial charge in [0.25, 0.3) is 5.91 Å². The molecule has 0 saturated heterocycles. The van der Waals surface area contributed by atoms with Crippen molar-refractivity contribution in [2.24, 2.45) is 0 Å². The van der Waals surface area contributed by atoms with Crippen LogP contribution in [0.4, 0.5) is 0 Å². The molecule has 0 saturated carbocycles. The number of amides is 1. The highest BCUT2D eigenvalue weighted by Gasteiger charge is 2.15. The van der Waals surface area contributed by atoms with Crippen LogP contribution in [-0.2, 0) is 6.42 Å². The third kappa shape index (κ3) is 3.63. The van der Waals surface area contributed by atoms with Gasteiger partial charge in [0.2, 0.25) is 0 Å². The Kier molecular flexibility index (Phi) is 4.84. The minimum Gasteiger partial charge on any atom is -0.496 e. The van der Waals surface area contributed by atoms with Crippen molar-refractivity contribution in [3.05, 3.63) is 52.4 Å². The SMILES string of the molecule is COc1cc(Br)ccc1C(=O)NC(C)Cc1ccco1. The zero-order valence-electron chi connectivity index (χ0n) is 11.4. The first-order chi connectivity index (χ1) is 9.60. The molecule has 1 heterocycles. The molecule has 1 amide bonds. The van der Waals surface area contributed by atoms with Crippen molar-refractivity contribution >= 4 is 21.8 Å². The number of nitrogens with one attached hydrogen (secondary N) is 1. The Morgan fingerprint density at radius 3 is 2.90 bits per heavy atom. The number of methoxy groups -OCH3 is 1. The Morgan fingerprint density at radius 2 is 2.25 bits per heavy atom. The predicted molar refractivity (Wildman–Crippen MR) is 80.0 cm³/mol. The standard InChI is InChI=1S/C15H16BrNO3/c1-10(8-12-4-3-7-20-12)17-15(18)13-6-5-11(16)9-14(13)19-2/h3-7,9-10H,8H2,1-2H3,(H,17,18). The van der Waals surface area contributed by atoms with Crippen molar-refractivity contribution in [1.29, 1.82) is 0 Å². The fourth-order valence-corrected chi connectivity index (χ4v) is 2.28. The largest absolute Gasteiger partial charge is 0.496 e. The van der Waals surface area contributed by atoms with Crippen LogP contribution in [0.15, 0.2) is 45.5 Å². The van der Waals surface area contributed by atoms with Gasteiger partial charge in [0.1, 0.15) is 11.5 Å². The maximum atomic E-state index is 12.2. The fraction of sp³-hybridized carbons (Fsp3) is 0.267. The van der Waals surface area contributed by atoms with E-state index in [-0.39, 0.29) is 11.9 Å². The molecule has 1 unspecified atom stereocenters. The highest BCUT2D eigenvalue weighted by atomic mass is 79.9. The molecule has 1 aromatic carbocycles. The molecule has 0 fully saturated rings. The Bertz CT molecular complexity index is 581. The van der Waals surface area contributed by atoms with Gasteiger partial charge in [-0.3, -0.25) is 4.79 Å². The van der Waals surface area contributed by atoms with Crippen molar-refractivity contribution in [2.75, 3.05) is 7.11 Å². The molecule has 0 spiro atoms. The molecule has 1 N–H and O–H groups in total. The normalized spacial score (nSPS) is 11.9. The van der Waals surface area contributed by atoms with E-state index in [0.29, 0.717) is 17.7 Å². The molecule has 20 heavy (non-hydrogen) atoms. The second kappa shape index (κ2) is 6.61. The molecule has 0 aliphatic heterocycles. The Hall–Kier alpha value is -1.75. The molecule has 4 nitrogen and oxygen atoms in total. The van der Waals surface area contributed by atoms with E-state index in [9.17, 15) is 4.79 Å². The number of rotatable bonds is 5. The smallest absolute Gasteiger partial charge is 0.255 e. The van der Waals surface area contributed by atoms with Crippen molar-refractivity contribution < 1.29 is 13.9 Å². The first kappa shape index (κ1) is 14.7. The molecule has 5 heteroatoms. The summed E-state index contributed by atoms with van der Waals surface area (Å²) >= 11 is 3.35. The minimum absolute atomic E-state index is 0.0259. The maximum Gasteiger partial charge on any atom is 0.255 e. The van der Waals surface area contributed by atoms with Gasteiger partial charge >= 0.3 is 0 Å². The van der Waals surface area contributed by atoms with Crippen molar-refractivity contribution in [1.82, 2.24) is 5.32 Å². The summed E-state index contributed by atoms with van der Waals surface area (Å²) in [5, 5.41) is 2.93. The van der Waals surface area contributed by atoms with Gasteiger partial charge in [-0.2, -0.15) is 0 Å². The Morgan fingerprint density at radius 1 is 1.45 bits per heavy atom. The predicted octanol–water partition coefficient (Wildman–Crippen LogP) is 3.41. The minimum atomic E-state index is -0.159. The molecule has 1 aromatic heterocycles. The van der Waals surface area contributed by atoms with Gasteiger partial charge in [0, 0.05) is 16.9 Å². The molecule has 0 bridgehead atoms. The van der Waals surface area contributed by atoms with E-state index in [2.05, 4.69) is 21.2 Å². The van der Waals surface area contributed by atoms with Gasteiger partial charge in [-0.25, -0.2) is 0 Å². The average Bonchev–Trinajstić information content (AvgIpc) is 2.90. The first-order valence-electron chi connectivity index (χ1n) is 6.27. The lowest BCUT2D eigenvalue weighted by molar-refractivity contribution is 0.0936. The second-order valence-electron chi connectivity index (χ2n) is 4.50. The number of furan rings is 1. The zero-order chi connectivity index (χ0) is 14.5. The summed E-state index contributed by atoms with van der Waals surface area (Å²) in [6, 6.07) is 9.02. The van der Waals surface area contributed by atoms with E-state index < -0.39 is 0 Å². The highest BCUT2D eigenvalue weighted by Crippen LogP contribution is 2.23. The lowest BCUT2D eigenvalue weighted by atomic mass is 10.1. The van der Waals surface area contributed by atoms with Crippen molar-refractivity contribution in [3.8, 4) is 5.75 Å². The summed E-state index contributed by atoms with van der Waals surface area (Å²) in [5.74, 6) is 1.23. The van der Waals surface area contributed by atoms with E-state index >= 15 is 0 Å². The van der Waals surface area contributed by atoms with Gasteiger partial charge in [-0.05, 0) is 37.3 Å². The lowest BCUT2D eigenvalue weighted by Crippen LogP contribution is -2.34. The van der Waals surface area contributed by atoms with Crippen LogP contribution in [0.3, 0.4) is 0 Å². The average molecular weight is 338 g/mol. The van der Waals surface area contributed by atoms with Crippen LogP contribution >= 0.6 is 15.9 Å². The van der Waals surface area contributed by atoms with Crippen molar-refractivity contribution in [3.63, 3.8) is 0 Å². The van der Waals surface area contributed by atoms with E-state index in [1.807, 2.05) is 25.1 Å². The van der Waals surface area contributed by atoms with Gasteiger partial charge in [-0.15, -0.1) is 0 Å². The number of carbonyl (C=O) groups is 1. The van der Waals surface area contributed by atoms with Crippen LogP contribution < -0.4 is 10.1 Å². The summed E-state index contributed by atoms with van der Waals surface area (Å²) in [6.45, 7) is 1.94. The Balaban J connectivity index is 2.04. The van der Waals surface area contributed by atoms with Gasteiger partial charge < -0.3 is 14.5 Å². The molecule has 2 rings (SSSR count). The summed E-state index contributed by atoms with van der Waals surface area (Å²) in [4.78, 5) is 12.2. The number of hydrogen-bond donors (Lipinski definition) is 1. The maximum absolute atomic E-state index is 12.2. The van der Waals surface area contributed by atoms with Gasteiger partial charge in [-0.1, -0.05) is 15.9 Å². The highest BCUT2D eigenvalue weighted by molar-refractivity contribution is 9.10. The number of carbonyl (C=O) groups excluding carboxylic acids is 1. The Labute approximate surface area is 126 Å². The van der Waals surface area contributed by atoms with Crippen LogP contribution in [0.25, 0.3) is 0 Å². The summed E-state index contributed by atoms with van der Waals surface area (Å²) in [6.07, 6.45) is 2.28. The quantitative estimate of drug-likeness (QED) is 0.909. The molecule has 0 aliphatic rings. The van der Waals surface area contributed by atoms with Gasteiger partial charge in [0.15, 0.2) is 0 Å². The molecular weight excluding hydrogens is 322 g/mol. The summed E-state index contributed by atoms with van der Waals surface area (Å²) in [5.41, 5.74) is 0.516. The topological polar surface area (TPSA) is 51.5 Å². The van der Waals surface area contributed by atoms with Crippen LogP contribution in [-0.4, -0.2) is 19.1 Å². The summed E-state index contributed by atoms with van der Waals surface area (Å²) in [7, 11) is 1.55. The van der Waals surface area contributed by atoms with E-state index in [1.165, 1.54) is 0 Å². The monoisotopic (exact) mass is 337 g/mol. The fourth-order valence-electron chi connectivity index (χ4n) is 1.94. The van der Waals surface area contributed by atoms with E-state index in [0.717, 1.165) is 10.2 Å². The number of benzene rings is 1. The number of ether oxygens (including phenoxy) is 1. The third-order valence-corrected chi connectivity index (χ3v) is 3.37. The van der Waals surface area contributed by atoms with Crippen LogP contribution in [0.5, 0.6) is 5.75 Å². The van der Waals surface area contributed by atoms with E-state index in [4.69, 9.17) is 9.15 Å². The lowest BCUT2D eigenvalue weighted by Gasteiger charge is -2.14. The third-order valence-electron chi connectivity index (χ3n) is 2.87. The zero-order valence-corrected chi connectivity index (χ0v) is 12.9. The van der Waals surface area contributed by atoms with Crippen LogP contribution in [0, 0.1) is 0 Å². The van der Waals surface area contributed by atoms with Crippen LogP contribution in [0.2, 0.25) is 0 Å². The summed E-state index contributed by atoms with van der Waals surface area (Å²) < 4.78 is 11.4. The molecule has 106 valence electrons. The second-order valence-corrected chi connectivity index (χ2v) is 5.42. The van der Waals surface area contributed by atoms with Crippen LogP contribution in [0.1, 0.15) is 23.0 Å². The number of hydrogen-bond acceptors (Lipinski definition) is 3. The molecule has 0 radical (unpaired) electrons. The molecule has 1 atom stereocenters. The number of halogens is 1.